The Kier molecular flexibility index (Phi) is 7.34. The molecular formula is C20H14Br4O4. The van der Waals surface area contributed by atoms with Crippen LogP contribution in [0.25, 0.3) is 0 Å². The van der Waals surface area contributed by atoms with Gasteiger partial charge >= 0.3 is 0 Å². The summed E-state index contributed by atoms with van der Waals surface area (Å²) in [5.41, 5.74) is 2.36. The molecule has 4 nitrogen and oxygen atoms in total. The number of halogens is 4. The molecule has 28 heavy (non-hydrogen) atoms. The lowest BCUT2D eigenvalue weighted by molar-refractivity contribution is -0.135. The third kappa shape index (κ3) is 4.78. The average molecular weight is 638 g/mol. The topological polar surface area (TPSA) is 68.3 Å². The van der Waals surface area contributed by atoms with Crippen molar-refractivity contribution in [1.29, 1.82) is 0 Å². The number of alkyl halides is 4. The maximum absolute atomic E-state index is 12.8. The number of ketones is 4. The molecule has 8 heteroatoms. The molecule has 0 unspecified atom stereocenters. The van der Waals surface area contributed by atoms with Crippen LogP contribution in [0, 0.1) is 13.8 Å². The summed E-state index contributed by atoms with van der Waals surface area (Å²) in [7, 11) is 0. The van der Waals surface area contributed by atoms with Crippen molar-refractivity contribution in [3.8, 4) is 0 Å². The van der Waals surface area contributed by atoms with Crippen LogP contribution in [-0.2, 0) is 9.59 Å². The van der Waals surface area contributed by atoms with Crippen molar-refractivity contribution in [3.63, 3.8) is 0 Å². The van der Waals surface area contributed by atoms with Crippen molar-refractivity contribution in [3.05, 3.63) is 70.8 Å². The smallest absolute Gasteiger partial charge is 0.236 e. The van der Waals surface area contributed by atoms with E-state index in [1.165, 1.54) is 0 Å². The first-order valence-electron chi connectivity index (χ1n) is 7.97. The van der Waals surface area contributed by atoms with E-state index in [0.29, 0.717) is 0 Å². The lowest BCUT2D eigenvalue weighted by Gasteiger charge is -2.22. The molecule has 0 aliphatic heterocycles. The molecular weight excluding hydrogens is 624 g/mol. The summed E-state index contributed by atoms with van der Waals surface area (Å²) < 4.78 is -3.99. The summed E-state index contributed by atoms with van der Waals surface area (Å²) in [6, 6.07) is 13.1. The fraction of sp³-hybridized carbons (Fsp3) is 0.200. The maximum Gasteiger partial charge on any atom is 0.236 e. The molecule has 0 aliphatic rings. The van der Waals surface area contributed by atoms with Crippen LogP contribution in [0.2, 0.25) is 0 Å². The average Bonchev–Trinajstić information content (AvgIpc) is 2.66. The minimum absolute atomic E-state index is 0.236. The molecule has 0 heterocycles. The lowest BCUT2D eigenvalue weighted by Crippen LogP contribution is -2.48. The molecule has 0 N–H and O–H groups in total. The minimum atomic E-state index is -1.99. The number of carbonyl (C=O) groups is 4. The first kappa shape index (κ1) is 23.3. The number of aryl methyl sites for hydroxylation is 2. The predicted molar refractivity (Wildman–Crippen MR) is 122 cm³/mol. The van der Waals surface area contributed by atoms with E-state index < -0.39 is 29.6 Å². The van der Waals surface area contributed by atoms with Gasteiger partial charge < -0.3 is 0 Å². The van der Waals surface area contributed by atoms with Gasteiger partial charge in [-0.05, 0) is 13.8 Å². The van der Waals surface area contributed by atoms with Crippen LogP contribution in [-0.4, -0.2) is 29.6 Å². The van der Waals surface area contributed by atoms with E-state index in [0.717, 1.165) is 11.1 Å². The molecule has 146 valence electrons. The number of hydrogen-bond donors (Lipinski definition) is 0. The second-order valence-corrected chi connectivity index (χ2v) is 13.1. The lowest BCUT2D eigenvalue weighted by atomic mass is 9.98. The van der Waals surface area contributed by atoms with Crippen LogP contribution in [0.4, 0.5) is 0 Å². The highest BCUT2D eigenvalue weighted by molar-refractivity contribution is 9.27. The van der Waals surface area contributed by atoms with E-state index in [-0.39, 0.29) is 11.1 Å². The van der Waals surface area contributed by atoms with Crippen molar-refractivity contribution < 1.29 is 19.2 Å². The summed E-state index contributed by atoms with van der Waals surface area (Å²) in [4.78, 5) is 51.1. The van der Waals surface area contributed by atoms with Gasteiger partial charge in [-0.15, -0.1) is 0 Å². The van der Waals surface area contributed by atoms with Gasteiger partial charge in [0.1, 0.15) is 0 Å². The highest BCUT2D eigenvalue weighted by Gasteiger charge is 2.53. The quantitative estimate of drug-likeness (QED) is 0.175. The monoisotopic (exact) mass is 634 g/mol. The zero-order valence-electron chi connectivity index (χ0n) is 14.8. The van der Waals surface area contributed by atoms with Crippen LogP contribution in [0.3, 0.4) is 0 Å². The van der Waals surface area contributed by atoms with Gasteiger partial charge in [-0.1, -0.05) is 123 Å². The standard InChI is InChI=1S/C20H14Br4O4/c1-11-3-7-13(8-4-11)15(25)19(21,22)17(27)18(28)20(23,24)16(26)14-9-5-12(2)6-10-14/h3-10H,1-2H3. The molecule has 0 amide bonds. The summed E-state index contributed by atoms with van der Waals surface area (Å²) in [5, 5.41) is 0. The van der Waals surface area contributed by atoms with Crippen LogP contribution >= 0.6 is 63.7 Å². The highest BCUT2D eigenvalue weighted by atomic mass is 79.9. The van der Waals surface area contributed by atoms with Gasteiger partial charge in [-0.25, -0.2) is 0 Å². The third-order valence-electron chi connectivity index (χ3n) is 3.97. The Balaban J connectivity index is 2.31. The molecule has 0 atom stereocenters. The van der Waals surface area contributed by atoms with Gasteiger partial charge in [0.2, 0.25) is 18.0 Å². The molecule has 0 saturated carbocycles. The van der Waals surface area contributed by atoms with E-state index in [1.54, 1.807) is 48.5 Å². The van der Waals surface area contributed by atoms with E-state index in [2.05, 4.69) is 63.7 Å². The Bertz CT molecular complexity index is 866. The second kappa shape index (κ2) is 8.81. The molecule has 2 aromatic rings. The van der Waals surface area contributed by atoms with Gasteiger partial charge in [0.05, 0.1) is 0 Å². The zero-order valence-corrected chi connectivity index (χ0v) is 21.1. The van der Waals surface area contributed by atoms with Gasteiger partial charge in [-0.2, -0.15) is 0 Å². The number of carbonyl (C=O) groups excluding carboxylic acids is 4. The van der Waals surface area contributed by atoms with Gasteiger partial charge in [0.15, 0.2) is 11.6 Å². The highest BCUT2D eigenvalue weighted by Crippen LogP contribution is 2.38. The molecule has 2 rings (SSSR count). The Morgan fingerprint density at radius 3 is 1.07 bits per heavy atom. The van der Waals surface area contributed by atoms with Crippen molar-refractivity contribution in [2.24, 2.45) is 0 Å². The summed E-state index contributed by atoms with van der Waals surface area (Å²) in [6.07, 6.45) is 0. The largest absolute Gasteiger partial charge is 0.291 e. The maximum atomic E-state index is 12.8. The molecule has 0 radical (unpaired) electrons. The Morgan fingerprint density at radius 1 is 0.571 bits per heavy atom. The molecule has 0 aliphatic carbocycles. The Morgan fingerprint density at radius 2 is 0.821 bits per heavy atom. The van der Waals surface area contributed by atoms with Crippen molar-refractivity contribution in [1.82, 2.24) is 0 Å². The van der Waals surface area contributed by atoms with Crippen LogP contribution in [0.5, 0.6) is 0 Å². The van der Waals surface area contributed by atoms with Gasteiger partial charge in [0.25, 0.3) is 0 Å². The van der Waals surface area contributed by atoms with Crippen molar-refractivity contribution in [2.75, 3.05) is 0 Å². The van der Waals surface area contributed by atoms with Crippen LogP contribution in [0.1, 0.15) is 31.8 Å². The fourth-order valence-electron chi connectivity index (χ4n) is 2.26. The normalized spacial score (nSPS) is 11.8. The van der Waals surface area contributed by atoms with Crippen LogP contribution < -0.4 is 0 Å². The van der Waals surface area contributed by atoms with Crippen molar-refractivity contribution in [2.45, 2.75) is 20.3 Å². The second-order valence-electron chi connectivity index (χ2n) is 6.20. The molecule has 0 fully saturated rings. The van der Waals surface area contributed by atoms with E-state index in [1.807, 2.05) is 13.8 Å². The summed E-state index contributed by atoms with van der Waals surface area (Å²) >= 11 is 12.1. The fourth-order valence-corrected chi connectivity index (χ4v) is 3.90. The molecule has 0 saturated heterocycles. The number of benzene rings is 2. The summed E-state index contributed by atoms with van der Waals surface area (Å²) in [6.45, 7) is 3.72. The predicted octanol–water partition coefficient (Wildman–Crippen LogP) is 5.48. The van der Waals surface area contributed by atoms with E-state index in [9.17, 15) is 19.2 Å². The number of hydrogen-bond acceptors (Lipinski definition) is 4. The first-order valence-corrected chi connectivity index (χ1v) is 11.1. The van der Waals surface area contributed by atoms with E-state index >= 15 is 0 Å². The van der Waals surface area contributed by atoms with Gasteiger partial charge in [-0.3, -0.25) is 19.2 Å². The van der Waals surface area contributed by atoms with Gasteiger partial charge in [0, 0.05) is 11.1 Å². The SMILES string of the molecule is Cc1ccc(C(=O)C(Br)(Br)C(=O)C(=O)C(Br)(Br)C(=O)c2ccc(C)cc2)cc1. The summed E-state index contributed by atoms with van der Waals surface area (Å²) in [5.74, 6) is -3.53. The number of Topliss-reactive ketones (excluding diaryl/α,β-unsaturated/α-hetero) is 4. The minimum Gasteiger partial charge on any atom is -0.291 e. The molecule has 0 spiro atoms. The Labute approximate surface area is 196 Å². The molecule has 0 aromatic heterocycles. The number of rotatable bonds is 7. The zero-order chi connectivity index (χ0) is 21.3. The van der Waals surface area contributed by atoms with E-state index in [4.69, 9.17) is 0 Å². The van der Waals surface area contributed by atoms with Crippen molar-refractivity contribution >= 4 is 86.9 Å². The Hall–Kier alpha value is -0.960. The van der Waals surface area contributed by atoms with Crippen LogP contribution in [0.15, 0.2) is 48.5 Å². The first-order chi connectivity index (χ1) is 12.9. The third-order valence-corrected chi connectivity index (χ3v) is 6.86. The molecule has 0 bridgehead atoms. The molecule has 2 aromatic carbocycles.